The van der Waals surface area contributed by atoms with Gasteiger partial charge in [-0.05, 0) is 12.5 Å². The van der Waals surface area contributed by atoms with Crippen molar-refractivity contribution in [1.82, 2.24) is 20.0 Å². The molecule has 0 aliphatic carbocycles. The van der Waals surface area contributed by atoms with E-state index in [2.05, 4.69) is 10.4 Å². The maximum Gasteiger partial charge on any atom is 0.352 e. The summed E-state index contributed by atoms with van der Waals surface area (Å²) in [5.41, 5.74) is 1.04. The van der Waals surface area contributed by atoms with E-state index in [1.165, 1.54) is 27.5 Å². The topological polar surface area (TPSA) is 105 Å². The number of aliphatic carboxylic acids is 1. The van der Waals surface area contributed by atoms with Crippen molar-refractivity contribution in [2.24, 2.45) is 7.05 Å². The van der Waals surface area contributed by atoms with E-state index in [9.17, 15) is 19.5 Å². The third kappa shape index (κ3) is 2.17. The number of rotatable bonds is 3. The first kappa shape index (κ1) is 14.6. The fourth-order valence-electron chi connectivity index (χ4n) is 2.54. The number of nitrogens with one attached hydrogen (secondary N) is 1. The van der Waals surface area contributed by atoms with E-state index in [0.717, 1.165) is 0 Å². The molecule has 2 atom stereocenters. The Hall–Kier alpha value is -2.29. The van der Waals surface area contributed by atoms with Crippen molar-refractivity contribution in [2.75, 3.05) is 5.75 Å². The molecule has 9 heteroatoms. The predicted octanol–water partition coefficient (Wildman–Crippen LogP) is -0.208. The molecule has 0 radical (unpaired) electrons. The van der Waals surface area contributed by atoms with Gasteiger partial charge in [-0.2, -0.15) is 5.10 Å². The van der Waals surface area contributed by atoms with Crippen LogP contribution in [0.4, 0.5) is 0 Å². The van der Waals surface area contributed by atoms with Crippen molar-refractivity contribution in [1.29, 1.82) is 0 Å². The zero-order chi connectivity index (χ0) is 16.0. The number of thioether (sulfide) groups is 1. The highest BCUT2D eigenvalue weighted by Crippen LogP contribution is 2.40. The number of hydrogen-bond acceptors (Lipinski definition) is 5. The van der Waals surface area contributed by atoms with Gasteiger partial charge in [0.15, 0.2) is 0 Å². The Bertz CT molecular complexity index is 711. The summed E-state index contributed by atoms with van der Waals surface area (Å²) in [5.74, 6) is -1.38. The number of fused-ring (bicyclic) bond motifs is 1. The monoisotopic (exact) mass is 322 g/mol. The van der Waals surface area contributed by atoms with Gasteiger partial charge >= 0.3 is 5.97 Å². The summed E-state index contributed by atoms with van der Waals surface area (Å²) < 4.78 is 1.49. The number of aryl methyl sites for hydroxylation is 1. The largest absolute Gasteiger partial charge is 0.477 e. The number of aromatic nitrogens is 2. The summed E-state index contributed by atoms with van der Waals surface area (Å²) in [5, 5.41) is 15.4. The average molecular weight is 322 g/mol. The summed E-state index contributed by atoms with van der Waals surface area (Å²) in [7, 11) is 1.69. The Morgan fingerprint density at radius 3 is 2.82 bits per heavy atom. The SMILES string of the molecule is CC1=C(C(=O)O)N2C(=O)[C@H](NC(=O)c3cnn(C)c3)[C@H]2SC1. The zero-order valence-electron chi connectivity index (χ0n) is 11.9. The highest BCUT2D eigenvalue weighted by Gasteiger charge is 2.53. The molecule has 1 saturated heterocycles. The lowest BCUT2D eigenvalue weighted by molar-refractivity contribution is -0.148. The molecule has 1 fully saturated rings. The number of carboxylic acid groups (broad SMARTS) is 1. The molecule has 3 heterocycles. The molecule has 116 valence electrons. The van der Waals surface area contributed by atoms with E-state index in [-0.39, 0.29) is 11.1 Å². The third-order valence-electron chi connectivity index (χ3n) is 3.62. The Kier molecular flexibility index (Phi) is 3.44. The van der Waals surface area contributed by atoms with Crippen LogP contribution in [-0.2, 0) is 16.6 Å². The number of amides is 2. The molecule has 2 amide bonds. The maximum atomic E-state index is 12.2. The van der Waals surface area contributed by atoms with E-state index in [1.54, 1.807) is 20.2 Å². The Labute approximate surface area is 130 Å². The van der Waals surface area contributed by atoms with Crippen LogP contribution in [-0.4, -0.2) is 54.7 Å². The second-order valence-electron chi connectivity index (χ2n) is 5.20. The molecule has 1 aromatic rings. The van der Waals surface area contributed by atoms with Gasteiger partial charge in [0.2, 0.25) is 0 Å². The second kappa shape index (κ2) is 5.16. The second-order valence-corrected chi connectivity index (χ2v) is 6.30. The van der Waals surface area contributed by atoms with Gasteiger partial charge in [0.05, 0.1) is 11.8 Å². The third-order valence-corrected chi connectivity index (χ3v) is 5.04. The number of β-lactam (4-membered cyclic amide) rings is 1. The first-order valence-electron chi connectivity index (χ1n) is 6.57. The van der Waals surface area contributed by atoms with E-state index in [0.29, 0.717) is 16.9 Å². The van der Waals surface area contributed by atoms with Gasteiger partial charge < -0.3 is 10.4 Å². The normalized spacial score (nSPS) is 23.9. The van der Waals surface area contributed by atoms with E-state index < -0.39 is 23.8 Å². The van der Waals surface area contributed by atoms with Crippen LogP contribution >= 0.6 is 11.8 Å². The highest BCUT2D eigenvalue weighted by atomic mass is 32.2. The van der Waals surface area contributed by atoms with Crippen molar-refractivity contribution >= 4 is 29.5 Å². The minimum absolute atomic E-state index is 0.0284. The predicted molar refractivity (Wildman–Crippen MR) is 77.9 cm³/mol. The van der Waals surface area contributed by atoms with Gasteiger partial charge in [-0.25, -0.2) is 4.79 Å². The van der Waals surface area contributed by atoms with Gasteiger partial charge in [-0.1, -0.05) is 0 Å². The van der Waals surface area contributed by atoms with E-state index >= 15 is 0 Å². The lowest BCUT2D eigenvalue weighted by Gasteiger charge is -2.49. The van der Waals surface area contributed by atoms with Crippen molar-refractivity contribution in [3.8, 4) is 0 Å². The van der Waals surface area contributed by atoms with Gasteiger partial charge in [0.1, 0.15) is 17.1 Å². The Morgan fingerprint density at radius 1 is 1.50 bits per heavy atom. The minimum Gasteiger partial charge on any atom is -0.477 e. The van der Waals surface area contributed by atoms with Crippen LogP contribution in [0.2, 0.25) is 0 Å². The quantitative estimate of drug-likeness (QED) is 0.746. The van der Waals surface area contributed by atoms with Crippen LogP contribution in [0.25, 0.3) is 0 Å². The fraction of sp³-hybridized carbons (Fsp3) is 0.385. The average Bonchev–Trinajstić information content (AvgIpc) is 2.90. The van der Waals surface area contributed by atoms with Crippen LogP contribution in [0.1, 0.15) is 17.3 Å². The summed E-state index contributed by atoms with van der Waals surface area (Å²) in [6, 6.07) is -0.708. The molecule has 0 unspecified atom stereocenters. The van der Waals surface area contributed by atoms with Crippen LogP contribution in [0, 0.1) is 0 Å². The van der Waals surface area contributed by atoms with Crippen LogP contribution in [0.5, 0.6) is 0 Å². The van der Waals surface area contributed by atoms with Crippen LogP contribution < -0.4 is 5.32 Å². The molecular formula is C13H14N4O4S. The smallest absolute Gasteiger partial charge is 0.352 e. The molecule has 0 spiro atoms. The summed E-state index contributed by atoms with van der Waals surface area (Å²) in [4.78, 5) is 36.8. The Balaban J connectivity index is 1.76. The number of carbonyl (C=O) groups is 3. The number of nitrogens with zero attached hydrogens (tertiary/aromatic N) is 3. The molecule has 0 bridgehead atoms. The van der Waals surface area contributed by atoms with Crippen LogP contribution in [0.15, 0.2) is 23.7 Å². The zero-order valence-corrected chi connectivity index (χ0v) is 12.8. The van der Waals surface area contributed by atoms with E-state index in [4.69, 9.17) is 0 Å². The molecule has 2 N–H and O–H groups in total. The first-order chi connectivity index (χ1) is 10.4. The lowest BCUT2D eigenvalue weighted by atomic mass is 10.0. The minimum atomic E-state index is -1.12. The van der Waals surface area contributed by atoms with Gasteiger partial charge in [0.25, 0.3) is 11.8 Å². The standard InChI is InChI=1S/C13H14N4O4S/c1-6-5-22-12-8(11(19)17(12)9(6)13(20)21)15-10(18)7-3-14-16(2)4-7/h3-4,8,12H,5H2,1-2H3,(H,15,18)(H,20,21)/t8-,12+/m0/s1. The van der Waals surface area contributed by atoms with Gasteiger partial charge in [-0.15, -0.1) is 11.8 Å². The van der Waals surface area contributed by atoms with Crippen molar-refractivity contribution < 1.29 is 19.5 Å². The molecule has 0 saturated carbocycles. The molecular weight excluding hydrogens is 308 g/mol. The number of hydrogen-bond donors (Lipinski definition) is 2. The highest BCUT2D eigenvalue weighted by molar-refractivity contribution is 8.00. The summed E-state index contributed by atoms with van der Waals surface area (Å²) in [6.45, 7) is 1.70. The van der Waals surface area contributed by atoms with Crippen molar-refractivity contribution in [3.05, 3.63) is 29.2 Å². The summed E-state index contributed by atoms with van der Waals surface area (Å²) >= 11 is 1.44. The number of carbonyl (C=O) groups excluding carboxylic acids is 2. The molecule has 2 aliphatic rings. The molecule has 2 aliphatic heterocycles. The summed E-state index contributed by atoms with van der Waals surface area (Å²) in [6.07, 6.45) is 2.97. The van der Waals surface area contributed by atoms with Crippen LogP contribution in [0.3, 0.4) is 0 Å². The van der Waals surface area contributed by atoms with Gasteiger partial charge in [0, 0.05) is 19.0 Å². The molecule has 1 aromatic heterocycles. The molecule has 0 aromatic carbocycles. The maximum absolute atomic E-state index is 12.2. The molecule has 3 rings (SSSR count). The fourth-order valence-corrected chi connectivity index (χ4v) is 3.83. The van der Waals surface area contributed by atoms with Gasteiger partial charge in [-0.3, -0.25) is 19.2 Å². The first-order valence-corrected chi connectivity index (χ1v) is 7.62. The Morgan fingerprint density at radius 2 is 2.23 bits per heavy atom. The van der Waals surface area contributed by atoms with Crippen molar-refractivity contribution in [3.63, 3.8) is 0 Å². The molecule has 22 heavy (non-hydrogen) atoms. The van der Waals surface area contributed by atoms with Crippen molar-refractivity contribution in [2.45, 2.75) is 18.3 Å². The molecule has 8 nitrogen and oxygen atoms in total. The number of carboxylic acids is 1. The lowest BCUT2D eigenvalue weighted by Crippen LogP contribution is -2.70. The van der Waals surface area contributed by atoms with E-state index in [1.807, 2.05) is 0 Å².